The van der Waals surface area contributed by atoms with Crippen LogP contribution >= 0.6 is 23.2 Å². The zero-order valence-electron chi connectivity index (χ0n) is 21.0. The van der Waals surface area contributed by atoms with Gasteiger partial charge in [0, 0.05) is 19.0 Å². The fourth-order valence-electron chi connectivity index (χ4n) is 4.70. The van der Waals surface area contributed by atoms with Crippen molar-refractivity contribution in [1.29, 1.82) is 0 Å². The summed E-state index contributed by atoms with van der Waals surface area (Å²) >= 11 is 12.4. The van der Waals surface area contributed by atoms with Crippen molar-refractivity contribution in [3.8, 4) is 5.75 Å². The van der Waals surface area contributed by atoms with E-state index >= 15 is 0 Å². The SMILES string of the molecule is Cc1ccccc1OCC(=O)N(Cc1ccc(Cl)c(Cl)c1)[C@@H](Cc1ccccc1)C(=O)NC1CCCC1. The maximum absolute atomic E-state index is 13.7. The zero-order chi connectivity index (χ0) is 26.2. The van der Waals surface area contributed by atoms with Gasteiger partial charge in [-0.2, -0.15) is 0 Å². The highest BCUT2D eigenvalue weighted by Crippen LogP contribution is 2.25. The third kappa shape index (κ3) is 7.50. The molecule has 3 aromatic carbocycles. The molecular formula is C30H32Cl2N2O3. The van der Waals surface area contributed by atoms with Crippen LogP contribution in [0.4, 0.5) is 0 Å². The average Bonchev–Trinajstić information content (AvgIpc) is 3.41. The van der Waals surface area contributed by atoms with Gasteiger partial charge in [-0.3, -0.25) is 9.59 Å². The Morgan fingerprint density at radius 3 is 2.35 bits per heavy atom. The zero-order valence-corrected chi connectivity index (χ0v) is 22.5. The van der Waals surface area contributed by atoms with E-state index in [1.54, 1.807) is 17.0 Å². The second-order valence-electron chi connectivity index (χ2n) is 9.52. The van der Waals surface area contributed by atoms with Gasteiger partial charge < -0.3 is 15.0 Å². The summed E-state index contributed by atoms with van der Waals surface area (Å²) in [6.45, 7) is 1.94. The van der Waals surface area contributed by atoms with Gasteiger partial charge in [0.2, 0.25) is 5.91 Å². The first-order chi connectivity index (χ1) is 17.9. The fourth-order valence-corrected chi connectivity index (χ4v) is 5.02. The summed E-state index contributed by atoms with van der Waals surface area (Å²) in [5.41, 5.74) is 2.69. The first-order valence-electron chi connectivity index (χ1n) is 12.7. The lowest BCUT2D eigenvalue weighted by Gasteiger charge is -2.32. The molecule has 1 saturated carbocycles. The Balaban J connectivity index is 1.63. The molecule has 0 aliphatic heterocycles. The lowest BCUT2D eigenvalue weighted by atomic mass is 10.0. The van der Waals surface area contributed by atoms with Crippen LogP contribution in [-0.4, -0.2) is 35.4 Å². The van der Waals surface area contributed by atoms with Gasteiger partial charge in [-0.05, 0) is 54.7 Å². The van der Waals surface area contributed by atoms with Crippen LogP contribution in [0.3, 0.4) is 0 Å². The minimum Gasteiger partial charge on any atom is -0.484 e. The molecule has 1 aliphatic carbocycles. The number of benzene rings is 3. The van der Waals surface area contributed by atoms with Crippen LogP contribution in [0, 0.1) is 6.92 Å². The molecule has 1 N–H and O–H groups in total. The van der Waals surface area contributed by atoms with E-state index in [4.69, 9.17) is 27.9 Å². The van der Waals surface area contributed by atoms with E-state index in [1.165, 1.54) is 0 Å². The number of halogens is 2. The van der Waals surface area contributed by atoms with Gasteiger partial charge in [0.15, 0.2) is 6.61 Å². The average molecular weight is 540 g/mol. The Bertz CT molecular complexity index is 1210. The molecule has 194 valence electrons. The van der Waals surface area contributed by atoms with E-state index in [0.717, 1.165) is 42.4 Å². The van der Waals surface area contributed by atoms with Gasteiger partial charge >= 0.3 is 0 Å². The summed E-state index contributed by atoms with van der Waals surface area (Å²) in [5.74, 6) is 0.206. The van der Waals surface area contributed by atoms with Crippen molar-refractivity contribution in [3.63, 3.8) is 0 Å². The molecule has 0 heterocycles. The molecular weight excluding hydrogens is 507 g/mol. The second-order valence-corrected chi connectivity index (χ2v) is 10.3. The van der Waals surface area contributed by atoms with Gasteiger partial charge in [0.1, 0.15) is 11.8 Å². The van der Waals surface area contributed by atoms with E-state index in [-0.39, 0.29) is 31.0 Å². The molecule has 0 bridgehead atoms. The van der Waals surface area contributed by atoms with Crippen molar-refractivity contribution in [2.45, 2.75) is 57.7 Å². The minimum atomic E-state index is -0.717. The van der Waals surface area contributed by atoms with Crippen molar-refractivity contribution >= 4 is 35.0 Å². The molecule has 4 rings (SSSR count). The summed E-state index contributed by atoms with van der Waals surface area (Å²) in [6.07, 6.45) is 4.51. The number of amides is 2. The predicted molar refractivity (Wildman–Crippen MR) is 148 cm³/mol. The molecule has 7 heteroatoms. The number of carbonyl (C=O) groups is 2. The van der Waals surface area contributed by atoms with E-state index in [1.807, 2.05) is 67.6 Å². The summed E-state index contributed by atoms with van der Waals surface area (Å²) in [5, 5.41) is 4.04. The smallest absolute Gasteiger partial charge is 0.261 e. The largest absolute Gasteiger partial charge is 0.484 e. The second kappa shape index (κ2) is 13.0. The van der Waals surface area contributed by atoms with Crippen molar-refractivity contribution in [2.24, 2.45) is 0 Å². The Labute approximate surface area is 228 Å². The summed E-state index contributed by atoms with van der Waals surface area (Å²) in [6, 6.07) is 22.0. The number of para-hydroxylation sites is 1. The maximum atomic E-state index is 13.7. The Morgan fingerprint density at radius 1 is 0.946 bits per heavy atom. The first kappa shape index (κ1) is 27.0. The number of hydrogen-bond donors (Lipinski definition) is 1. The van der Waals surface area contributed by atoms with E-state index in [2.05, 4.69) is 5.32 Å². The lowest BCUT2D eigenvalue weighted by molar-refractivity contribution is -0.143. The summed E-state index contributed by atoms with van der Waals surface area (Å²) in [7, 11) is 0. The highest BCUT2D eigenvalue weighted by molar-refractivity contribution is 6.42. The van der Waals surface area contributed by atoms with E-state index < -0.39 is 6.04 Å². The maximum Gasteiger partial charge on any atom is 0.261 e. The van der Waals surface area contributed by atoms with Gasteiger partial charge in [-0.15, -0.1) is 0 Å². The molecule has 0 radical (unpaired) electrons. The van der Waals surface area contributed by atoms with Gasteiger partial charge in [0.05, 0.1) is 10.0 Å². The molecule has 0 aromatic heterocycles. The highest BCUT2D eigenvalue weighted by atomic mass is 35.5. The quantitative estimate of drug-likeness (QED) is 0.325. The van der Waals surface area contributed by atoms with Crippen LogP contribution in [0.15, 0.2) is 72.8 Å². The molecule has 0 saturated heterocycles. The molecule has 0 unspecified atom stereocenters. The van der Waals surface area contributed by atoms with Gasteiger partial charge in [0.25, 0.3) is 5.91 Å². The molecule has 37 heavy (non-hydrogen) atoms. The van der Waals surface area contributed by atoms with Crippen LogP contribution in [0.25, 0.3) is 0 Å². The Kier molecular flexibility index (Phi) is 9.48. The van der Waals surface area contributed by atoms with Crippen LogP contribution < -0.4 is 10.1 Å². The van der Waals surface area contributed by atoms with Crippen molar-refractivity contribution < 1.29 is 14.3 Å². The number of hydrogen-bond acceptors (Lipinski definition) is 3. The fraction of sp³-hybridized carbons (Fsp3) is 0.333. The van der Waals surface area contributed by atoms with Crippen molar-refractivity contribution in [2.75, 3.05) is 6.61 Å². The predicted octanol–water partition coefficient (Wildman–Crippen LogP) is 6.38. The highest BCUT2D eigenvalue weighted by Gasteiger charge is 2.32. The molecule has 2 amide bonds. The number of ether oxygens (including phenoxy) is 1. The van der Waals surface area contributed by atoms with Gasteiger partial charge in [-0.1, -0.05) is 90.6 Å². The third-order valence-corrected chi connectivity index (χ3v) is 7.49. The Hall–Kier alpha value is -3.02. The number of carbonyl (C=O) groups excluding carboxylic acids is 2. The standard InChI is InChI=1S/C30H32Cl2N2O3/c1-21-9-5-8-14-28(21)37-20-29(35)34(19-23-15-16-25(31)26(32)17-23)27(18-22-10-3-2-4-11-22)30(36)33-24-12-6-7-13-24/h2-5,8-11,14-17,24,27H,6-7,12-13,18-20H2,1H3,(H,33,36)/t27-/m0/s1. The first-order valence-corrected chi connectivity index (χ1v) is 13.4. The number of aryl methyl sites for hydroxylation is 1. The van der Waals surface area contributed by atoms with Crippen LogP contribution in [0.2, 0.25) is 10.0 Å². The molecule has 0 spiro atoms. The number of nitrogens with one attached hydrogen (secondary N) is 1. The Morgan fingerprint density at radius 2 is 1.65 bits per heavy atom. The third-order valence-electron chi connectivity index (χ3n) is 6.75. The molecule has 1 atom stereocenters. The minimum absolute atomic E-state index is 0.135. The number of nitrogens with zero attached hydrogens (tertiary/aromatic N) is 1. The van der Waals surface area contributed by atoms with Crippen LogP contribution in [-0.2, 0) is 22.6 Å². The summed E-state index contributed by atoms with van der Waals surface area (Å²) < 4.78 is 5.90. The van der Waals surface area contributed by atoms with Crippen LogP contribution in [0.5, 0.6) is 5.75 Å². The lowest BCUT2D eigenvalue weighted by Crippen LogP contribution is -2.53. The summed E-state index contributed by atoms with van der Waals surface area (Å²) in [4.78, 5) is 29.0. The number of rotatable bonds is 10. The molecule has 1 aliphatic rings. The van der Waals surface area contributed by atoms with Crippen molar-refractivity contribution in [3.05, 3.63) is 99.5 Å². The molecule has 3 aromatic rings. The van der Waals surface area contributed by atoms with Crippen molar-refractivity contribution in [1.82, 2.24) is 10.2 Å². The topological polar surface area (TPSA) is 58.6 Å². The van der Waals surface area contributed by atoms with Gasteiger partial charge in [-0.25, -0.2) is 0 Å². The van der Waals surface area contributed by atoms with E-state index in [0.29, 0.717) is 22.2 Å². The normalized spacial score (nSPS) is 14.2. The monoisotopic (exact) mass is 538 g/mol. The molecule has 5 nitrogen and oxygen atoms in total. The van der Waals surface area contributed by atoms with Crippen LogP contribution in [0.1, 0.15) is 42.4 Å². The van der Waals surface area contributed by atoms with E-state index in [9.17, 15) is 9.59 Å². The molecule has 1 fully saturated rings.